The molecule has 5 heteroatoms. The third kappa shape index (κ3) is 3.43. The Labute approximate surface area is 84.7 Å². The predicted octanol–water partition coefficient (Wildman–Crippen LogP) is 0.496. The van der Waals surface area contributed by atoms with Crippen LogP contribution in [0.25, 0.3) is 0 Å². The quantitative estimate of drug-likeness (QED) is 0.410. The van der Waals surface area contributed by atoms with Crippen LogP contribution < -0.4 is 5.11 Å². The fraction of sp³-hybridized carbons (Fsp3) is 0.111. The summed E-state index contributed by atoms with van der Waals surface area (Å²) in [4.78, 5) is 24.3. The second-order valence-corrected chi connectivity index (χ2v) is 3.41. The van der Waals surface area contributed by atoms with Gasteiger partial charge in [0.25, 0.3) is 0 Å². The van der Waals surface area contributed by atoms with Crippen LogP contribution in [0.3, 0.4) is 0 Å². The Hall–Kier alpha value is -1.58. The lowest BCUT2D eigenvalue weighted by molar-refractivity contribution is -0.301. The summed E-state index contributed by atoms with van der Waals surface area (Å²) in [5.41, 5.74) is 0.461. The molecule has 0 heterocycles. The summed E-state index contributed by atoms with van der Waals surface area (Å²) in [6, 6.07) is 6.66. The molecule has 72 valence electrons. The number of aliphatic imine (C=N–C) groups is 1. The molecule has 0 N–H and O–H groups in total. The van der Waals surface area contributed by atoms with E-state index in [9.17, 15) is 14.7 Å². The van der Waals surface area contributed by atoms with Gasteiger partial charge in [0.05, 0.1) is 11.7 Å². The minimum atomic E-state index is -1.13. The number of aliphatic carboxylic acids is 1. The van der Waals surface area contributed by atoms with Crippen molar-refractivity contribution < 1.29 is 14.7 Å². The molecule has 0 aromatic heterocycles. The lowest BCUT2D eigenvalue weighted by Crippen LogP contribution is -2.24. The lowest BCUT2D eigenvalue weighted by Gasteiger charge is -2.02. The molecule has 0 saturated carbocycles. The van der Waals surface area contributed by atoms with E-state index in [1.807, 2.05) is 0 Å². The maximum Gasteiger partial charge on any atom is 0.240 e. The predicted molar refractivity (Wildman–Crippen MR) is 50.0 cm³/mol. The van der Waals surface area contributed by atoms with Crippen LogP contribution in [-0.4, -0.2) is 17.8 Å². The summed E-state index contributed by atoms with van der Waals surface area (Å²) in [6.07, 6.45) is 1.41. The van der Waals surface area contributed by atoms with Crippen LogP contribution >= 0.6 is 11.8 Å². The molecular formula is C9H6NO3S-. The van der Waals surface area contributed by atoms with Crippen molar-refractivity contribution in [2.45, 2.75) is 4.90 Å². The van der Waals surface area contributed by atoms with Crippen LogP contribution in [0.5, 0.6) is 0 Å². The van der Waals surface area contributed by atoms with Gasteiger partial charge in [0, 0.05) is 10.6 Å². The zero-order valence-corrected chi connectivity index (χ0v) is 7.91. The first kappa shape index (κ1) is 10.5. The third-order valence-corrected chi connectivity index (χ3v) is 2.32. The SMILES string of the molecule is O=C=Nc1cccc(SCC(=O)[O-])c1. The number of hydrogen-bond donors (Lipinski definition) is 0. The minimum absolute atomic E-state index is 0.117. The normalized spacial score (nSPS) is 9.14. The number of isocyanates is 1. The Morgan fingerprint density at radius 2 is 2.36 bits per heavy atom. The van der Waals surface area contributed by atoms with Gasteiger partial charge >= 0.3 is 0 Å². The third-order valence-electron chi connectivity index (χ3n) is 1.35. The smallest absolute Gasteiger partial charge is 0.240 e. The molecule has 0 aliphatic heterocycles. The van der Waals surface area contributed by atoms with Gasteiger partial charge in [-0.3, -0.25) is 0 Å². The molecule has 0 spiro atoms. The van der Waals surface area contributed by atoms with Gasteiger partial charge in [-0.1, -0.05) is 6.07 Å². The van der Waals surface area contributed by atoms with Gasteiger partial charge in [0.15, 0.2) is 0 Å². The van der Waals surface area contributed by atoms with Gasteiger partial charge in [-0.25, -0.2) is 4.79 Å². The maximum atomic E-state index is 10.2. The first-order valence-electron chi connectivity index (χ1n) is 3.73. The highest BCUT2D eigenvalue weighted by atomic mass is 32.2. The first-order chi connectivity index (χ1) is 6.72. The van der Waals surface area contributed by atoms with Crippen molar-refractivity contribution in [2.75, 3.05) is 5.75 Å². The molecular weight excluding hydrogens is 202 g/mol. The standard InChI is InChI=1S/C9H7NO3S/c11-6-10-7-2-1-3-8(4-7)14-5-9(12)13/h1-4H,5H2,(H,12,13)/p-1. The number of carboxylic acid groups (broad SMARTS) is 1. The van der Waals surface area contributed by atoms with E-state index >= 15 is 0 Å². The van der Waals surface area contributed by atoms with Crippen molar-refractivity contribution in [3.63, 3.8) is 0 Å². The molecule has 0 fully saturated rings. The second kappa shape index (κ2) is 5.21. The molecule has 1 aromatic carbocycles. The van der Waals surface area contributed by atoms with Crippen molar-refractivity contribution in [1.82, 2.24) is 0 Å². The van der Waals surface area contributed by atoms with E-state index in [4.69, 9.17) is 0 Å². The fourth-order valence-electron chi connectivity index (χ4n) is 0.838. The molecule has 0 atom stereocenters. The van der Waals surface area contributed by atoms with Crippen molar-refractivity contribution in [1.29, 1.82) is 0 Å². The van der Waals surface area contributed by atoms with Gasteiger partial charge in [0.2, 0.25) is 6.08 Å². The van der Waals surface area contributed by atoms with Crippen molar-refractivity contribution in [2.24, 2.45) is 4.99 Å². The van der Waals surface area contributed by atoms with Crippen LogP contribution in [0.15, 0.2) is 34.2 Å². The van der Waals surface area contributed by atoms with Crippen LogP contribution in [0.1, 0.15) is 0 Å². The number of hydrogen-bond acceptors (Lipinski definition) is 5. The highest BCUT2D eigenvalue weighted by molar-refractivity contribution is 8.00. The number of nitrogens with zero attached hydrogens (tertiary/aromatic N) is 1. The molecule has 0 saturated heterocycles. The molecule has 0 aliphatic carbocycles. The maximum absolute atomic E-state index is 10.2. The molecule has 1 rings (SSSR count). The highest BCUT2D eigenvalue weighted by Gasteiger charge is 1.95. The largest absolute Gasteiger partial charge is 0.549 e. The summed E-state index contributed by atoms with van der Waals surface area (Å²) in [5, 5.41) is 10.2. The molecule has 0 unspecified atom stereocenters. The molecule has 0 bridgehead atoms. The Kier molecular flexibility index (Phi) is 3.91. The van der Waals surface area contributed by atoms with Gasteiger partial charge in [-0.2, -0.15) is 4.99 Å². The van der Waals surface area contributed by atoms with E-state index < -0.39 is 5.97 Å². The number of rotatable bonds is 4. The van der Waals surface area contributed by atoms with Gasteiger partial charge in [-0.15, -0.1) is 11.8 Å². The zero-order valence-electron chi connectivity index (χ0n) is 7.10. The van der Waals surface area contributed by atoms with E-state index in [1.54, 1.807) is 24.3 Å². The van der Waals surface area contributed by atoms with Gasteiger partial charge in [-0.05, 0) is 18.2 Å². The number of carbonyl (C=O) groups is 1. The van der Waals surface area contributed by atoms with Crippen LogP contribution in [0.2, 0.25) is 0 Å². The first-order valence-corrected chi connectivity index (χ1v) is 4.71. The summed E-state index contributed by atoms with van der Waals surface area (Å²) >= 11 is 1.12. The highest BCUT2D eigenvalue weighted by Crippen LogP contribution is 2.22. The fourth-order valence-corrected chi connectivity index (χ4v) is 1.50. The summed E-state index contributed by atoms with van der Waals surface area (Å²) < 4.78 is 0. The monoisotopic (exact) mass is 208 g/mol. The van der Waals surface area contributed by atoms with Crippen LogP contribution in [-0.2, 0) is 9.59 Å². The van der Waals surface area contributed by atoms with Crippen molar-refractivity contribution >= 4 is 29.5 Å². The van der Waals surface area contributed by atoms with E-state index in [1.165, 1.54) is 6.08 Å². The zero-order chi connectivity index (χ0) is 10.4. The summed E-state index contributed by atoms with van der Waals surface area (Å²) in [6.45, 7) is 0. The minimum Gasteiger partial charge on any atom is -0.549 e. The molecule has 0 radical (unpaired) electrons. The molecule has 14 heavy (non-hydrogen) atoms. The number of thioether (sulfide) groups is 1. The topological polar surface area (TPSA) is 69.6 Å². The van der Waals surface area contributed by atoms with E-state index in [-0.39, 0.29) is 5.75 Å². The molecule has 1 aromatic rings. The van der Waals surface area contributed by atoms with E-state index in [0.29, 0.717) is 5.69 Å². The molecule has 4 nitrogen and oxygen atoms in total. The number of carboxylic acids is 1. The average molecular weight is 208 g/mol. The van der Waals surface area contributed by atoms with Crippen LogP contribution in [0.4, 0.5) is 5.69 Å². The summed E-state index contributed by atoms with van der Waals surface area (Å²) in [5.74, 6) is -1.24. The second-order valence-electron chi connectivity index (χ2n) is 2.36. The Balaban J connectivity index is 2.73. The average Bonchev–Trinajstić information content (AvgIpc) is 2.16. The summed E-state index contributed by atoms with van der Waals surface area (Å²) in [7, 11) is 0. The number of carbonyl (C=O) groups excluding carboxylic acids is 2. The van der Waals surface area contributed by atoms with E-state index in [0.717, 1.165) is 16.7 Å². The Bertz CT molecular complexity index is 385. The van der Waals surface area contributed by atoms with Gasteiger partial charge < -0.3 is 9.90 Å². The Morgan fingerprint density at radius 3 is 3.00 bits per heavy atom. The van der Waals surface area contributed by atoms with E-state index in [2.05, 4.69) is 4.99 Å². The van der Waals surface area contributed by atoms with Gasteiger partial charge in [0.1, 0.15) is 0 Å². The lowest BCUT2D eigenvalue weighted by atomic mass is 10.3. The van der Waals surface area contributed by atoms with Crippen molar-refractivity contribution in [3.05, 3.63) is 24.3 Å². The molecule has 0 aliphatic rings. The van der Waals surface area contributed by atoms with Crippen molar-refractivity contribution in [3.8, 4) is 0 Å². The molecule has 0 amide bonds. The van der Waals surface area contributed by atoms with Crippen LogP contribution in [0, 0.1) is 0 Å². The number of benzene rings is 1. The Morgan fingerprint density at radius 1 is 1.57 bits per heavy atom.